The van der Waals surface area contributed by atoms with Gasteiger partial charge in [-0.2, -0.15) is 13.2 Å². The number of benzene rings is 1. The Hall–Kier alpha value is -2.90. The lowest BCUT2D eigenvalue weighted by molar-refractivity contribution is -0.145. The van der Waals surface area contributed by atoms with E-state index in [1.165, 1.54) is 19.3 Å². The Morgan fingerprint density at radius 3 is 2.50 bits per heavy atom. The van der Waals surface area contributed by atoms with Crippen LogP contribution in [0.1, 0.15) is 21.7 Å². The average Bonchev–Trinajstić information content (AvgIpc) is 2.97. The van der Waals surface area contributed by atoms with E-state index in [1.54, 1.807) is 31.2 Å². The van der Waals surface area contributed by atoms with Crippen LogP contribution in [0.3, 0.4) is 0 Å². The maximum atomic E-state index is 13.0. The number of carbonyl (C=O) groups excluding carboxylic acids is 1. The summed E-state index contributed by atoms with van der Waals surface area (Å²) in [5.41, 5.74) is 2.50. The molecule has 8 heteroatoms. The molecule has 0 fully saturated rings. The van der Waals surface area contributed by atoms with Crippen molar-refractivity contribution < 1.29 is 18.0 Å². The van der Waals surface area contributed by atoms with E-state index in [4.69, 9.17) is 0 Å². The molecule has 2 aromatic heterocycles. The van der Waals surface area contributed by atoms with Crippen molar-refractivity contribution in [1.29, 1.82) is 0 Å². The third kappa shape index (κ3) is 2.70. The minimum absolute atomic E-state index is 0.102. The Bertz CT molecular complexity index is 931. The van der Waals surface area contributed by atoms with Crippen LogP contribution in [0.5, 0.6) is 0 Å². The number of hydrogen-bond donors (Lipinski definition) is 1. The van der Waals surface area contributed by atoms with Gasteiger partial charge in [0, 0.05) is 18.8 Å². The van der Waals surface area contributed by atoms with Gasteiger partial charge in [-0.3, -0.25) is 9.20 Å². The van der Waals surface area contributed by atoms with Crippen molar-refractivity contribution >= 4 is 11.6 Å². The largest absolute Gasteiger partial charge is 0.452 e. The third-order valence-electron chi connectivity index (χ3n) is 3.70. The lowest BCUT2D eigenvalue weighted by Crippen LogP contribution is -2.18. The van der Waals surface area contributed by atoms with Crippen molar-refractivity contribution in [2.75, 3.05) is 7.05 Å². The van der Waals surface area contributed by atoms with Crippen LogP contribution in [0, 0.1) is 6.92 Å². The topological polar surface area (TPSA) is 59.3 Å². The summed E-state index contributed by atoms with van der Waals surface area (Å²) < 4.78 is 39.8. The first-order valence-electron chi connectivity index (χ1n) is 7.06. The molecule has 1 N–H and O–H groups in total. The molecule has 0 saturated carbocycles. The summed E-state index contributed by atoms with van der Waals surface area (Å²) in [6.07, 6.45) is -3.28. The molecule has 0 spiro atoms. The van der Waals surface area contributed by atoms with Gasteiger partial charge in [0.25, 0.3) is 5.91 Å². The van der Waals surface area contributed by atoms with E-state index < -0.39 is 12.0 Å². The molecule has 0 radical (unpaired) electrons. The summed E-state index contributed by atoms with van der Waals surface area (Å²) in [6.45, 7) is 1.79. The molecule has 2 heterocycles. The van der Waals surface area contributed by atoms with Crippen molar-refractivity contribution in [3.8, 4) is 11.1 Å². The Kier molecular flexibility index (Phi) is 3.75. The molecule has 0 aliphatic heterocycles. The van der Waals surface area contributed by atoms with Crippen molar-refractivity contribution in [1.82, 2.24) is 19.9 Å². The Morgan fingerprint density at radius 2 is 1.83 bits per heavy atom. The number of halogens is 3. The second-order valence-electron chi connectivity index (χ2n) is 5.28. The Morgan fingerprint density at radius 1 is 1.12 bits per heavy atom. The van der Waals surface area contributed by atoms with Gasteiger partial charge in [0.1, 0.15) is 0 Å². The number of amides is 1. The SMILES string of the molecule is CNC(=O)c1cc(-c2ccc3nnc(C(F)(F)F)n3c2)ccc1C. The summed E-state index contributed by atoms with van der Waals surface area (Å²) in [5, 5.41) is 9.26. The highest BCUT2D eigenvalue weighted by Gasteiger charge is 2.36. The lowest BCUT2D eigenvalue weighted by atomic mass is 10.0. The summed E-state index contributed by atoms with van der Waals surface area (Å²) in [7, 11) is 1.52. The van der Waals surface area contributed by atoms with Crippen molar-refractivity contribution in [3.63, 3.8) is 0 Å². The molecule has 3 aromatic rings. The minimum Gasteiger partial charge on any atom is -0.355 e. The number of aryl methyl sites for hydroxylation is 1. The number of nitrogens with one attached hydrogen (secondary N) is 1. The Labute approximate surface area is 135 Å². The highest BCUT2D eigenvalue weighted by Crippen LogP contribution is 2.29. The van der Waals surface area contributed by atoms with Crippen molar-refractivity contribution in [2.24, 2.45) is 0 Å². The molecule has 0 aliphatic carbocycles. The quantitative estimate of drug-likeness (QED) is 0.783. The highest BCUT2D eigenvalue weighted by molar-refractivity contribution is 5.96. The molecular formula is C16H13F3N4O. The molecule has 0 bridgehead atoms. The van der Waals surface area contributed by atoms with Crippen LogP contribution in [0.2, 0.25) is 0 Å². The fourth-order valence-corrected chi connectivity index (χ4v) is 2.44. The number of fused-ring (bicyclic) bond motifs is 1. The van der Waals surface area contributed by atoms with E-state index in [0.717, 1.165) is 9.96 Å². The van der Waals surface area contributed by atoms with Crippen LogP contribution >= 0.6 is 0 Å². The number of carbonyl (C=O) groups is 1. The second-order valence-corrected chi connectivity index (χ2v) is 5.28. The number of aromatic nitrogens is 3. The van der Waals surface area contributed by atoms with Gasteiger partial charge in [0.2, 0.25) is 5.82 Å². The molecule has 0 saturated heterocycles. The predicted octanol–water partition coefficient (Wildman–Crippen LogP) is 3.08. The summed E-state index contributed by atoms with van der Waals surface area (Å²) in [5.74, 6) is -1.34. The van der Waals surface area contributed by atoms with Gasteiger partial charge < -0.3 is 5.32 Å². The van der Waals surface area contributed by atoms with E-state index in [1.807, 2.05) is 0 Å². The first-order chi connectivity index (χ1) is 11.3. The zero-order valence-electron chi connectivity index (χ0n) is 12.8. The fraction of sp³-hybridized carbons (Fsp3) is 0.188. The second kappa shape index (κ2) is 5.63. The van der Waals surface area contributed by atoms with Crippen LogP contribution in [0.4, 0.5) is 13.2 Å². The molecule has 3 rings (SSSR count). The van der Waals surface area contributed by atoms with Gasteiger partial charge in [0.05, 0.1) is 0 Å². The third-order valence-corrected chi connectivity index (χ3v) is 3.70. The molecular weight excluding hydrogens is 321 g/mol. The zero-order chi connectivity index (χ0) is 17.5. The van der Waals surface area contributed by atoms with Crippen LogP contribution in [-0.4, -0.2) is 27.6 Å². The summed E-state index contributed by atoms with van der Waals surface area (Å²) in [6, 6.07) is 8.24. The van der Waals surface area contributed by atoms with Crippen LogP contribution in [0.25, 0.3) is 16.8 Å². The van der Waals surface area contributed by atoms with Gasteiger partial charge in [-0.1, -0.05) is 12.1 Å². The molecule has 1 aromatic carbocycles. The lowest BCUT2D eigenvalue weighted by Gasteiger charge is -2.09. The summed E-state index contributed by atoms with van der Waals surface area (Å²) >= 11 is 0. The molecule has 24 heavy (non-hydrogen) atoms. The van der Waals surface area contributed by atoms with E-state index >= 15 is 0 Å². The number of rotatable bonds is 2. The predicted molar refractivity (Wildman–Crippen MR) is 81.6 cm³/mol. The molecule has 5 nitrogen and oxygen atoms in total. The van der Waals surface area contributed by atoms with Crippen LogP contribution < -0.4 is 5.32 Å². The first kappa shape index (κ1) is 16.0. The van der Waals surface area contributed by atoms with Crippen LogP contribution in [-0.2, 0) is 6.18 Å². The zero-order valence-corrected chi connectivity index (χ0v) is 12.8. The normalized spacial score (nSPS) is 11.7. The molecule has 0 aliphatic rings. The standard InChI is InChI=1S/C16H13F3N4O/c1-9-3-4-10(7-12(9)14(24)20-2)11-5-6-13-21-22-15(16(17,18)19)23(13)8-11/h3-8H,1-2H3,(H,20,24). The fourth-order valence-electron chi connectivity index (χ4n) is 2.44. The van der Waals surface area contributed by atoms with Crippen LogP contribution in [0.15, 0.2) is 36.5 Å². The van der Waals surface area contributed by atoms with E-state index in [2.05, 4.69) is 15.5 Å². The monoisotopic (exact) mass is 334 g/mol. The smallest absolute Gasteiger partial charge is 0.355 e. The molecule has 0 unspecified atom stereocenters. The highest BCUT2D eigenvalue weighted by atomic mass is 19.4. The average molecular weight is 334 g/mol. The van der Waals surface area contributed by atoms with Gasteiger partial charge in [0.15, 0.2) is 5.65 Å². The number of hydrogen-bond acceptors (Lipinski definition) is 3. The maximum absolute atomic E-state index is 13.0. The van der Waals surface area contributed by atoms with Gasteiger partial charge in [-0.15, -0.1) is 10.2 Å². The number of pyridine rings is 1. The number of nitrogens with zero attached hydrogens (tertiary/aromatic N) is 3. The molecule has 124 valence electrons. The van der Waals surface area contributed by atoms with Crippen molar-refractivity contribution in [3.05, 3.63) is 53.5 Å². The van der Waals surface area contributed by atoms with E-state index in [0.29, 0.717) is 16.7 Å². The Balaban J connectivity index is 2.15. The first-order valence-corrected chi connectivity index (χ1v) is 7.06. The van der Waals surface area contributed by atoms with E-state index in [9.17, 15) is 18.0 Å². The summed E-state index contributed by atoms with van der Waals surface area (Å²) in [4.78, 5) is 11.9. The number of alkyl halides is 3. The minimum atomic E-state index is -4.60. The molecule has 1 amide bonds. The van der Waals surface area contributed by atoms with Gasteiger partial charge in [-0.25, -0.2) is 0 Å². The maximum Gasteiger partial charge on any atom is 0.452 e. The van der Waals surface area contributed by atoms with Crippen molar-refractivity contribution in [2.45, 2.75) is 13.1 Å². The van der Waals surface area contributed by atoms with Gasteiger partial charge >= 0.3 is 6.18 Å². The molecule has 0 atom stereocenters. The van der Waals surface area contributed by atoms with E-state index in [-0.39, 0.29) is 11.6 Å². The van der Waals surface area contributed by atoms with Gasteiger partial charge in [-0.05, 0) is 41.8 Å².